The van der Waals surface area contributed by atoms with E-state index < -0.39 is 24.3 Å². The molecule has 0 bridgehead atoms. The Balaban J connectivity index is 2.43. The van der Waals surface area contributed by atoms with Gasteiger partial charge < -0.3 is 19.7 Å². The molecule has 1 fully saturated rings. The SMILES string of the molecule is CC(=O)NCC(=Cc1cccc(C(=O)O)c1Cl)B1OC(C)(C)C(C)(C)O1. The third-order valence-corrected chi connectivity index (χ3v) is 5.12. The summed E-state index contributed by atoms with van der Waals surface area (Å²) in [5, 5.41) is 12.1. The van der Waals surface area contributed by atoms with Crippen LogP contribution in [0, 0.1) is 0 Å². The number of nitrogens with one attached hydrogen (secondary N) is 1. The van der Waals surface area contributed by atoms with Crippen LogP contribution in [-0.4, -0.2) is 41.8 Å². The van der Waals surface area contributed by atoms with Crippen LogP contribution in [0.5, 0.6) is 0 Å². The fraction of sp³-hybridized carbons (Fsp3) is 0.444. The Morgan fingerprint density at radius 3 is 2.31 bits per heavy atom. The van der Waals surface area contributed by atoms with Crippen molar-refractivity contribution in [2.24, 2.45) is 0 Å². The summed E-state index contributed by atoms with van der Waals surface area (Å²) in [6.07, 6.45) is 1.70. The van der Waals surface area contributed by atoms with Gasteiger partial charge >= 0.3 is 13.1 Å². The number of benzene rings is 1. The fourth-order valence-corrected chi connectivity index (χ4v) is 2.71. The van der Waals surface area contributed by atoms with E-state index in [2.05, 4.69) is 5.32 Å². The maximum absolute atomic E-state index is 11.4. The maximum Gasteiger partial charge on any atom is 0.492 e. The first-order valence-electron chi connectivity index (χ1n) is 8.27. The normalized spacial score (nSPS) is 18.7. The topological polar surface area (TPSA) is 84.9 Å². The third-order valence-electron chi connectivity index (χ3n) is 4.70. The highest BCUT2D eigenvalue weighted by atomic mass is 35.5. The van der Waals surface area contributed by atoms with Crippen LogP contribution in [0.4, 0.5) is 0 Å². The second-order valence-electron chi connectivity index (χ2n) is 7.23. The minimum Gasteiger partial charge on any atom is -0.478 e. The van der Waals surface area contributed by atoms with Crippen LogP contribution in [0.15, 0.2) is 23.7 Å². The molecule has 0 unspecified atom stereocenters. The Morgan fingerprint density at radius 1 is 1.23 bits per heavy atom. The van der Waals surface area contributed by atoms with E-state index in [1.807, 2.05) is 27.7 Å². The van der Waals surface area contributed by atoms with Gasteiger partial charge in [-0.05, 0) is 44.8 Å². The molecular weight excluding hydrogens is 356 g/mol. The number of rotatable bonds is 5. The average Bonchev–Trinajstić information content (AvgIpc) is 2.72. The molecule has 1 aliphatic heterocycles. The molecule has 1 heterocycles. The molecule has 1 saturated heterocycles. The standard InChI is InChI=1S/C18H23BClNO5/c1-11(22)21-10-13(19-25-17(2,3)18(4,5)26-19)9-12-7-6-8-14(15(12)20)16(23)24/h6-9H,10H2,1-5H3,(H,21,22)(H,23,24). The van der Waals surface area contributed by atoms with Gasteiger partial charge in [-0.2, -0.15) is 0 Å². The molecule has 2 rings (SSSR count). The fourth-order valence-electron chi connectivity index (χ4n) is 2.45. The smallest absolute Gasteiger partial charge is 0.478 e. The summed E-state index contributed by atoms with van der Waals surface area (Å²) in [5.74, 6) is -1.30. The lowest BCUT2D eigenvalue weighted by atomic mass is 9.77. The predicted molar refractivity (Wildman–Crippen MR) is 101 cm³/mol. The summed E-state index contributed by atoms with van der Waals surface area (Å²) in [6.45, 7) is 9.34. The van der Waals surface area contributed by atoms with E-state index in [1.54, 1.807) is 18.2 Å². The van der Waals surface area contributed by atoms with E-state index >= 15 is 0 Å². The number of carboxylic acids is 1. The van der Waals surface area contributed by atoms with Crippen molar-refractivity contribution in [2.45, 2.75) is 45.8 Å². The Kier molecular flexibility index (Phi) is 5.85. The minimum atomic E-state index is -1.11. The van der Waals surface area contributed by atoms with Gasteiger partial charge in [0.25, 0.3) is 0 Å². The number of hydrogen-bond donors (Lipinski definition) is 2. The molecule has 0 radical (unpaired) electrons. The van der Waals surface area contributed by atoms with Gasteiger partial charge in [-0.15, -0.1) is 0 Å². The maximum atomic E-state index is 11.4. The largest absolute Gasteiger partial charge is 0.492 e. The van der Waals surface area contributed by atoms with Crippen LogP contribution >= 0.6 is 11.6 Å². The number of carbonyl (C=O) groups excluding carboxylic acids is 1. The van der Waals surface area contributed by atoms with Gasteiger partial charge in [0.05, 0.1) is 21.8 Å². The number of amides is 1. The molecule has 8 heteroatoms. The average molecular weight is 380 g/mol. The van der Waals surface area contributed by atoms with E-state index in [4.69, 9.17) is 20.9 Å². The van der Waals surface area contributed by atoms with Crippen molar-refractivity contribution in [1.82, 2.24) is 5.32 Å². The number of carbonyl (C=O) groups is 2. The zero-order valence-electron chi connectivity index (χ0n) is 15.6. The van der Waals surface area contributed by atoms with E-state index in [9.17, 15) is 14.7 Å². The van der Waals surface area contributed by atoms with Gasteiger partial charge in [0.15, 0.2) is 0 Å². The zero-order chi connectivity index (χ0) is 19.7. The summed E-state index contributed by atoms with van der Waals surface area (Å²) in [5.41, 5.74) is 0.0810. The molecule has 2 N–H and O–H groups in total. The summed E-state index contributed by atoms with van der Waals surface area (Å²) >= 11 is 6.23. The van der Waals surface area contributed by atoms with Gasteiger partial charge in [-0.1, -0.05) is 29.8 Å². The van der Waals surface area contributed by atoms with Crippen molar-refractivity contribution in [1.29, 1.82) is 0 Å². The van der Waals surface area contributed by atoms with E-state index in [-0.39, 0.29) is 23.0 Å². The van der Waals surface area contributed by atoms with Gasteiger partial charge in [-0.3, -0.25) is 4.79 Å². The molecule has 0 atom stereocenters. The predicted octanol–water partition coefficient (Wildman–Crippen LogP) is 3.19. The summed E-state index contributed by atoms with van der Waals surface area (Å²) in [7, 11) is -0.684. The van der Waals surface area contributed by atoms with Crippen LogP contribution in [0.2, 0.25) is 5.02 Å². The first-order valence-corrected chi connectivity index (χ1v) is 8.65. The van der Waals surface area contributed by atoms with Crippen LogP contribution in [0.1, 0.15) is 50.5 Å². The lowest BCUT2D eigenvalue weighted by molar-refractivity contribution is -0.118. The van der Waals surface area contributed by atoms with Crippen molar-refractivity contribution in [3.63, 3.8) is 0 Å². The number of aromatic carboxylic acids is 1. The van der Waals surface area contributed by atoms with Gasteiger partial charge in [0, 0.05) is 13.5 Å². The molecular formula is C18H23BClNO5. The van der Waals surface area contributed by atoms with Crippen molar-refractivity contribution < 1.29 is 24.0 Å². The minimum absolute atomic E-state index is 0.00760. The molecule has 1 aromatic carbocycles. The van der Waals surface area contributed by atoms with Gasteiger partial charge in [-0.25, -0.2) is 4.79 Å². The van der Waals surface area contributed by atoms with Crippen molar-refractivity contribution in [2.75, 3.05) is 6.54 Å². The van der Waals surface area contributed by atoms with Gasteiger partial charge in [0.2, 0.25) is 5.91 Å². The molecule has 1 amide bonds. The van der Waals surface area contributed by atoms with Crippen molar-refractivity contribution in [3.05, 3.63) is 39.8 Å². The molecule has 0 spiro atoms. The van der Waals surface area contributed by atoms with Crippen LogP contribution in [-0.2, 0) is 14.1 Å². The number of carboxylic acid groups (broad SMARTS) is 1. The first kappa shape index (κ1) is 20.5. The molecule has 1 aromatic rings. The molecule has 0 aliphatic carbocycles. The van der Waals surface area contributed by atoms with E-state index in [0.717, 1.165) is 0 Å². The van der Waals surface area contributed by atoms with E-state index in [1.165, 1.54) is 13.0 Å². The molecule has 0 saturated carbocycles. The molecule has 6 nitrogen and oxygen atoms in total. The summed E-state index contributed by atoms with van der Waals surface area (Å²) in [4.78, 5) is 22.6. The van der Waals surface area contributed by atoms with Crippen LogP contribution < -0.4 is 5.32 Å². The van der Waals surface area contributed by atoms with E-state index in [0.29, 0.717) is 11.0 Å². The highest BCUT2D eigenvalue weighted by molar-refractivity contribution is 6.56. The highest BCUT2D eigenvalue weighted by Gasteiger charge is 2.52. The molecule has 26 heavy (non-hydrogen) atoms. The third kappa shape index (κ3) is 4.28. The summed E-state index contributed by atoms with van der Waals surface area (Å²) in [6, 6.07) is 4.75. The van der Waals surface area contributed by atoms with Gasteiger partial charge in [0.1, 0.15) is 0 Å². The highest BCUT2D eigenvalue weighted by Crippen LogP contribution is 2.39. The Hall–Kier alpha value is -1.83. The molecule has 1 aliphatic rings. The number of hydrogen-bond acceptors (Lipinski definition) is 4. The first-order chi connectivity index (χ1) is 11.9. The molecule has 0 aromatic heterocycles. The lowest BCUT2D eigenvalue weighted by Gasteiger charge is -2.32. The quantitative estimate of drug-likeness (QED) is 0.768. The molecule has 140 valence electrons. The Morgan fingerprint density at radius 2 is 1.81 bits per heavy atom. The zero-order valence-corrected chi connectivity index (χ0v) is 16.3. The van der Waals surface area contributed by atoms with Crippen LogP contribution in [0.3, 0.4) is 0 Å². The lowest BCUT2D eigenvalue weighted by Crippen LogP contribution is -2.41. The van der Waals surface area contributed by atoms with Crippen molar-refractivity contribution in [3.8, 4) is 0 Å². The Bertz CT molecular complexity index is 744. The number of halogens is 1. The second kappa shape index (κ2) is 7.43. The van der Waals surface area contributed by atoms with Crippen LogP contribution in [0.25, 0.3) is 6.08 Å². The summed E-state index contributed by atoms with van der Waals surface area (Å²) < 4.78 is 12.1. The Labute approximate surface area is 158 Å². The van der Waals surface area contributed by atoms with Crippen molar-refractivity contribution >= 4 is 36.7 Å². The monoisotopic (exact) mass is 379 g/mol. The second-order valence-corrected chi connectivity index (χ2v) is 7.61.